The summed E-state index contributed by atoms with van der Waals surface area (Å²) in [6.07, 6.45) is 2.20. The highest BCUT2D eigenvalue weighted by Gasteiger charge is 2.50. The molecule has 0 N–H and O–H groups in total. The zero-order valence-electron chi connectivity index (χ0n) is 20.5. The van der Waals surface area contributed by atoms with Crippen molar-refractivity contribution in [2.24, 2.45) is 11.8 Å². The first kappa shape index (κ1) is 24.4. The van der Waals surface area contributed by atoms with E-state index >= 15 is 0 Å². The minimum atomic E-state index is -0.666. The number of amides is 2. The van der Waals surface area contributed by atoms with Crippen LogP contribution < -0.4 is 9.64 Å². The van der Waals surface area contributed by atoms with Crippen LogP contribution in [0.4, 0.5) is 5.69 Å². The Morgan fingerprint density at radius 3 is 2.30 bits per heavy atom. The summed E-state index contributed by atoms with van der Waals surface area (Å²) >= 11 is 0. The van der Waals surface area contributed by atoms with E-state index in [1.165, 1.54) is 29.7 Å². The van der Waals surface area contributed by atoms with E-state index in [2.05, 4.69) is 12.1 Å². The van der Waals surface area contributed by atoms with Gasteiger partial charge < -0.3 is 9.47 Å². The van der Waals surface area contributed by atoms with Gasteiger partial charge in [-0.3, -0.25) is 19.3 Å². The number of carbonyl (C=O) groups is 4. The van der Waals surface area contributed by atoms with Gasteiger partial charge in [0.2, 0.25) is 11.8 Å². The van der Waals surface area contributed by atoms with Crippen LogP contribution in [0.5, 0.6) is 5.75 Å². The van der Waals surface area contributed by atoms with Gasteiger partial charge in [-0.2, -0.15) is 0 Å². The highest BCUT2D eigenvalue weighted by atomic mass is 16.5. The Kier molecular flexibility index (Phi) is 6.86. The van der Waals surface area contributed by atoms with E-state index in [-0.39, 0.29) is 40.9 Å². The SMILES string of the molecule is COc1cccc(C(=O)COC(=O)c2ccc(N3C(=O)[C@@H]4CC[C@@H](c5ccccc5)C[C@H]4C3=O)cc2)c1. The fourth-order valence-electron chi connectivity index (χ4n) is 5.30. The van der Waals surface area contributed by atoms with Gasteiger partial charge >= 0.3 is 5.97 Å². The number of imide groups is 1. The van der Waals surface area contributed by atoms with Gasteiger partial charge in [-0.05, 0) is 67.1 Å². The molecule has 2 fully saturated rings. The molecule has 0 bridgehead atoms. The second kappa shape index (κ2) is 10.4. The maximum absolute atomic E-state index is 13.3. The van der Waals surface area contributed by atoms with Crippen molar-refractivity contribution in [3.8, 4) is 5.75 Å². The highest BCUT2D eigenvalue weighted by Crippen LogP contribution is 2.45. The summed E-state index contributed by atoms with van der Waals surface area (Å²) in [6, 6.07) is 22.9. The molecule has 7 heteroatoms. The van der Waals surface area contributed by atoms with E-state index in [1.54, 1.807) is 36.4 Å². The predicted molar refractivity (Wildman–Crippen MR) is 137 cm³/mol. The number of rotatable bonds is 7. The Morgan fingerprint density at radius 1 is 0.838 bits per heavy atom. The standard InChI is InChI=1S/C30H27NO6/c1-36-24-9-5-8-22(16-24)27(32)18-37-30(35)20-10-13-23(14-11-20)31-28(33)25-15-12-21(17-26(25)29(31)34)19-6-3-2-4-7-19/h2-11,13-14,16,21,25-26H,12,15,17-18H2,1H3/t21-,25-,26-/m1/s1. The second-order valence-electron chi connectivity index (χ2n) is 9.42. The lowest BCUT2D eigenvalue weighted by Gasteiger charge is -2.28. The first-order valence-corrected chi connectivity index (χ1v) is 12.3. The average Bonchev–Trinajstić information content (AvgIpc) is 3.20. The minimum absolute atomic E-state index is 0.180. The summed E-state index contributed by atoms with van der Waals surface area (Å²) in [4.78, 5) is 52.5. The van der Waals surface area contributed by atoms with Gasteiger partial charge in [-0.15, -0.1) is 0 Å². The summed E-state index contributed by atoms with van der Waals surface area (Å²) in [6.45, 7) is -0.414. The molecule has 1 heterocycles. The van der Waals surface area contributed by atoms with Gasteiger partial charge in [0.25, 0.3) is 0 Å². The summed E-state index contributed by atoms with van der Waals surface area (Å²) < 4.78 is 10.3. The normalized spacial score (nSPS) is 20.9. The Bertz CT molecular complexity index is 1330. The average molecular weight is 498 g/mol. The van der Waals surface area contributed by atoms with Crippen molar-refractivity contribution < 1.29 is 28.7 Å². The van der Waals surface area contributed by atoms with Gasteiger partial charge in [-0.1, -0.05) is 42.5 Å². The molecule has 188 valence electrons. The van der Waals surface area contributed by atoms with Gasteiger partial charge in [0.05, 0.1) is 30.2 Å². The lowest BCUT2D eigenvalue weighted by atomic mass is 9.73. The molecular formula is C30H27NO6. The number of ether oxygens (including phenoxy) is 2. The van der Waals surface area contributed by atoms with E-state index in [0.29, 0.717) is 29.8 Å². The fourth-order valence-corrected chi connectivity index (χ4v) is 5.30. The van der Waals surface area contributed by atoms with E-state index in [9.17, 15) is 19.2 Å². The molecule has 7 nitrogen and oxygen atoms in total. The first-order valence-electron chi connectivity index (χ1n) is 12.3. The topological polar surface area (TPSA) is 90.0 Å². The summed E-state index contributed by atoms with van der Waals surface area (Å²) in [5, 5.41) is 0. The third kappa shape index (κ3) is 4.89. The molecular weight excluding hydrogens is 470 g/mol. The van der Waals surface area contributed by atoms with Crippen molar-refractivity contribution >= 4 is 29.3 Å². The number of benzene rings is 3. The molecule has 3 atom stereocenters. The van der Waals surface area contributed by atoms with Crippen molar-refractivity contribution in [3.63, 3.8) is 0 Å². The van der Waals surface area contributed by atoms with Crippen molar-refractivity contribution in [1.29, 1.82) is 0 Å². The second-order valence-corrected chi connectivity index (χ2v) is 9.42. The van der Waals surface area contributed by atoms with Crippen LogP contribution >= 0.6 is 0 Å². The van der Waals surface area contributed by atoms with Crippen molar-refractivity contribution in [2.45, 2.75) is 25.2 Å². The molecule has 0 aromatic heterocycles. The molecule has 1 saturated heterocycles. The molecule has 37 heavy (non-hydrogen) atoms. The Morgan fingerprint density at radius 2 is 1.57 bits per heavy atom. The number of Topliss-reactive ketones (excluding diaryl/α,β-unsaturated/α-hetero) is 1. The smallest absolute Gasteiger partial charge is 0.338 e. The number of methoxy groups -OCH3 is 1. The lowest BCUT2D eigenvalue weighted by Crippen LogP contribution is -2.30. The van der Waals surface area contributed by atoms with E-state index in [0.717, 1.165) is 6.42 Å². The van der Waals surface area contributed by atoms with E-state index < -0.39 is 12.6 Å². The molecule has 1 saturated carbocycles. The van der Waals surface area contributed by atoms with Crippen LogP contribution in [0, 0.1) is 11.8 Å². The highest BCUT2D eigenvalue weighted by molar-refractivity contribution is 6.22. The number of esters is 1. The fraction of sp³-hybridized carbons (Fsp3) is 0.267. The summed E-state index contributed by atoms with van der Waals surface area (Å²) in [5.41, 5.74) is 2.24. The summed E-state index contributed by atoms with van der Waals surface area (Å²) in [7, 11) is 1.51. The third-order valence-electron chi connectivity index (χ3n) is 7.28. The van der Waals surface area contributed by atoms with Crippen molar-refractivity contribution in [3.05, 3.63) is 95.6 Å². The van der Waals surface area contributed by atoms with Crippen LogP contribution in [0.15, 0.2) is 78.9 Å². The number of carbonyl (C=O) groups excluding carboxylic acids is 4. The van der Waals surface area contributed by atoms with Gasteiger partial charge in [0.15, 0.2) is 12.4 Å². The number of hydrogen-bond donors (Lipinski definition) is 0. The molecule has 0 unspecified atom stereocenters. The van der Waals surface area contributed by atoms with Crippen LogP contribution in [0.2, 0.25) is 0 Å². The molecule has 3 aromatic carbocycles. The molecule has 2 amide bonds. The first-order chi connectivity index (χ1) is 18.0. The molecule has 0 radical (unpaired) electrons. The van der Waals surface area contributed by atoms with Crippen LogP contribution in [-0.4, -0.2) is 37.3 Å². The number of nitrogens with zero attached hydrogens (tertiary/aromatic N) is 1. The van der Waals surface area contributed by atoms with Crippen molar-refractivity contribution in [1.82, 2.24) is 0 Å². The van der Waals surface area contributed by atoms with Crippen LogP contribution in [-0.2, 0) is 14.3 Å². The van der Waals surface area contributed by atoms with Gasteiger partial charge in [0, 0.05) is 5.56 Å². The number of hydrogen-bond acceptors (Lipinski definition) is 6. The molecule has 1 aliphatic heterocycles. The van der Waals surface area contributed by atoms with Crippen LogP contribution in [0.25, 0.3) is 0 Å². The Labute approximate surface area is 215 Å². The number of fused-ring (bicyclic) bond motifs is 1. The zero-order chi connectivity index (χ0) is 25.9. The van der Waals surface area contributed by atoms with Gasteiger partial charge in [0.1, 0.15) is 5.75 Å². The summed E-state index contributed by atoms with van der Waals surface area (Å²) in [5.74, 6) is -1.23. The minimum Gasteiger partial charge on any atom is -0.497 e. The Balaban J connectivity index is 1.23. The Hall–Kier alpha value is -4.26. The predicted octanol–water partition coefficient (Wildman–Crippen LogP) is 4.81. The third-order valence-corrected chi connectivity index (χ3v) is 7.28. The lowest BCUT2D eigenvalue weighted by molar-refractivity contribution is -0.122. The van der Waals surface area contributed by atoms with Crippen LogP contribution in [0.1, 0.15) is 51.5 Å². The monoisotopic (exact) mass is 497 g/mol. The maximum Gasteiger partial charge on any atom is 0.338 e. The maximum atomic E-state index is 13.3. The van der Waals surface area contributed by atoms with Crippen LogP contribution in [0.3, 0.4) is 0 Å². The number of ketones is 1. The van der Waals surface area contributed by atoms with Crippen molar-refractivity contribution in [2.75, 3.05) is 18.6 Å². The van der Waals surface area contributed by atoms with E-state index in [4.69, 9.17) is 9.47 Å². The number of anilines is 1. The largest absolute Gasteiger partial charge is 0.497 e. The quantitative estimate of drug-likeness (QED) is 0.264. The molecule has 1 aliphatic carbocycles. The zero-order valence-corrected chi connectivity index (χ0v) is 20.5. The molecule has 3 aromatic rings. The van der Waals surface area contributed by atoms with Gasteiger partial charge in [-0.25, -0.2) is 4.79 Å². The molecule has 2 aliphatic rings. The molecule has 0 spiro atoms. The van der Waals surface area contributed by atoms with E-state index in [1.807, 2.05) is 18.2 Å². The molecule has 5 rings (SSSR count).